The average Bonchev–Trinajstić information content (AvgIpc) is 2.50. The lowest BCUT2D eigenvalue weighted by atomic mass is 9.79. The molecule has 2 aliphatic carbocycles. The van der Waals surface area contributed by atoms with Crippen LogP contribution >= 0.6 is 0 Å². The second-order valence-corrected chi connectivity index (χ2v) is 6.35. The average molecular weight is 266 g/mol. The molecule has 2 saturated carbocycles. The van der Waals surface area contributed by atoms with Crippen LogP contribution in [-0.4, -0.2) is 12.2 Å². The molecule has 19 heavy (non-hydrogen) atoms. The molecule has 0 aromatic carbocycles. The molecule has 1 N–H and O–H groups in total. The summed E-state index contributed by atoms with van der Waals surface area (Å²) in [5.74, 6) is 2.90. The van der Waals surface area contributed by atoms with Gasteiger partial charge in [-0.05, 0) is 56.3 Å². The molecule has 0 unspecified atom stereocenters. The van der Waals surface area contributed by atoms with Crippen LogP contribution in [0.25, 0.3) is 0 Å². The highest BCUT2D eigenvalue weighted by atomic mass is 16.2. The zero-order valence-electron chi connectivity index (χ0n) is 13.1. The van der Waals surface area contributed by atoms with Gasteiger partial charge >= 0.3 is 0 Å². The van der Waals surface area contributed by atoms with Crippen LogP contribution in [0.1, 0.15) is 77.6 Å². The maximum absolute atomic E-state index is 7.00. The predicted octanol–water partition coefficient (Wildman–Crippen LogP) is 5.34. The van der Waals surface area contributed by atoms with Crippen molar-refractivity contribution < 1.29 is 5.11 Å². The van der Waals surface area contributed by atoms with Gasteiger partial charge in [0.2, 0.25) is 0 Å². The second-order valence-electron chi connectivity index (χ2n) is 6.35. The predicted molar refractivity (Wildman–Crippen MR) is 84.2 cm³/mol. The van der Waals surface area contributed by atoms with Crippen LogP contribution in [0, 0.1) is 17.8 Å². The molecule has 2 aliphatic rings. The van der Waals surface area contributed by atoms with Crippen molar-refractivity contribution in [2.24, 2.45) is 17.8 Å². The third kappa shape index (κ3) is 6.61. The first kappa shape index (κ1) is 16.8. The van der Waals surface area contributed by atoms with Crippen LogP contribution in [0.15, 0.2) is 12.2 Å². The van der Waals surface area contributed by atoms with Crippen LogP contribution in [0.2, 0.25) is 0 Å². The van der Waals surface area contributed by atoms with Crippen molar-refractivity contribution in [1.29, 1.82) is 0 Å². The minimum absolute atomic E-state index is 0.921. The van der Waals surface area contributed by atoms with E-state index in [1.807, 2.05) is 0 Å². The van der Waals surface area contributed by atoms with Gasteiger partial charge in [-0.15, -0.1) is 0 Å². The Morgan fingerprint density at radius 2 is 1.32 bits per heavy atom. The fourth-order valence-electron chi connectivity index (χ4n) is 3.72. The van der Waals surface area contributed by atoms with Crippen molar-refractivity contribution in [3.63, 3.8) is 0 Å². The van der Waals surface area contributed by atoms with Gasteiger partial charge < -0.3 is 5.11 Å². The van der Waals surface area contributed by atoms with E-state index in [2.05, 4.69) is 19.1 Å². The Kier molecular flexibility index (Phi) is 9.24. The summed E-state index contributed by atoms with van der Waals surface area (Å²) in [6.07, 6.45) is 21.3. The highest BCUT2D eigenvalue weighted by Gasteiger charge is 2.19. The molecule has 0 radical (unpaired) electrons. The van der Waals surface area contributed by atoms with Crippen molar-refractivity contribution in [2.45, 2.75) is 77.6 Å². The van der Waals surface area contributed by atoms with E-state index in [0.29, 0.717) is 0 Å². The van der Waals surface area contributed by atoms with E-state index in [0.717, 1.165) is 24.9 Å². The summed E-state index contributed by atoms with van der Waals surface area (Å²) in [5.41, 5.74) is 0. The zero-order chi connectivity index (χ0) is 13.9. The highest BCUT2D eigenvalue weighted by molar-refractivity contribution is 4.95. The zero-order valence-corrected chi connectivity index (χ0v) is 13.1. The van der Waals surface area contributed by atoms with E-state index in [1.54, 1.807) is 0 Å². The Balaban J connectivity index is 0.000000861. The minimum atomic E-state index is 0.921. The number of aliphatic hydroxyl groups is 1. The standard InChI is InChI=1S/C17H30.CH4O/c1-2-6-15-9-12-17(13-10-15)14-11-16-7-4-3-5-8-16;1-2/h11,14-17H,2-10,12-13H2,1H3;2H,1H3/b14-11+;/t15-,17-;. The third-order valence-corrected chi connectivity index (χ3v) is 4.89. The van der Waals surface area contributed by atoms with Gasteiger partial charge in [-0.25, -0.2) is 0 Å². The van der Waals surface area contributed by atoms with Gasteiger partial charge in [0.15, 0.2) is 0 Å². The number of rotatable bonds is 4. The van der Waals surface area contributed by atoms with Crippen LogP contribution in [0.3, 0.4) is 0 Å². The summed E-state index contributed by atoms with van der Waals surface area (Å²) in [6, 6.07) is 0. The summed E-state index contributed by atoms with van der Waals surface area (Å²) in [6.45, 7) is 2.33. The third-order valence-electron chi connectivity index (χ3n) is 4.89. The largest absolute Gasteiger partial charge is 0.400 e. The summed E-state index contributed by atoms with van der Waals surface area (Å²) >= 11 is 0. The molecule has 1 nitrogen and oxygen atoms in total. The van der Waals surface area contributed by atoms with Gasteiger partial charge in [0.05, 0.1) is 0 Å². The molecule has 112 valence electrons. The van der Waals surface area contributed by atoms with Gasteiger partial charge in [-0.3, -0.25) is 0 Å². The minimum Gasteiger partial charge on any atom is -0.400 e. The molecule has 1 heteroatoms. The van der Waals surface area contributed by atoms with Crippen molar-refractivity contribution in [3.05, 3.63) is 12.2 Å². The number of hydrogen-bond acceptors (Lipinski definition) is 1. The molecule has 0 atom stereocenters. The molecule has 2 fully saturated rings. The molecule has 0 aliphatic heterocycles. The van der Waals surface area contributed by atoms with E-state index < -0.39 is 0 Å². The fourth-order valence-corrected chi connectivity index (χ4v) is 3.72. The van der Waals surface area contributed by atoms with Crippen molar-refractivity contribution >= 4 is 0 Å². The van der Waals surface area contributed by atoms with E-state index in [9.17, 15) is 0 Å². The van der Waals surface area contributed by atoms with E-state index >= 15 is 0 Å². The highest BCUT2D eigenvalue weighted by Crippen LogP contribution is 2.33. The normalized spacial score (nSPS) is 29.0. The lowest BCUT2D eigenvalue weighted by Gasteiger charge is -2.27. The van der Waals surface area contributed by atoms with Crippen LogP contribution in [0.4, 0.5) is 0 Å². The number of hydrogen-bond donors (Lipinski definition) is 1. The van der Waals surface area contributed by atoms with Crippen molar-refractivity contribution in [1.82, 2.24) is 0 Å². The summed E-state index contributed by atoms with van der Waals surface area (Å²) in [5, 5.41) is 7.00. The molecule has 0 saturated heterocycles. The summed E-state index contributed by atoms with van der Waals surface area (Å²) < 4.78 is 0. The molecular weight excluding hydrogens is 232 g/mol. The van der Waals surface area contributed by atoms with Gasteiger partial charge in [0.25, 0.3) is 0 Å². The quantitative estimate of drug-likeness (QED) is 0.681. The molecule has 0 amide bonds. The Labute approximate surface area is 120 Å². The SMILES string of the molecule is CCC[C@H]1CC[C@H](/C=C/C2CCCCC2)CC1.CO. The second kappa shape index (κ2) is 10.5. The topological polar surface area (TPSA) is 20.2 Å². The van der Waals surface area contributed by atoms with Crippen molar-refractivity contribution in [2.75, 3.05) is 7.11 Å². The van der Waals surface area contributed by atoms with E-state index in [1.165, 1.54) is 70.6 Å². The Hall–Kier alpha value is -0.300. The van der Waals surface area contributed by atoms with Crippen LogP contribution < -0.4 is 0 Å². The first-order valence-electron chi connectivity index (χ1n) is 8.51. The van der Waals surface area contributed by atoms with Crippen molar-refractivity contribution in [3.8, 4) is 0 Å². The fraction of sp³-hybridized carbons (Fsp3) is 0.889. The Morgan fingerprint density at radius 3 is 1.84 bits per heavy atom. The first-order chi connectivity index (χ1) is 9.38. The molecule has 0 aromatic rings. The lowest BCUT2D eigenvalue weighted by molar-refractivity contribution is 0.293. The van der Waals surface area contributed by atoms with Crippen LogP contribution in [0.5, 0.6) is 0 Å². The number of aliphatic hydroxyl groups excluding tert-OH is 1. The summed E-state index contributed by atoms with van der Waals surface area (Å²) in [4.78, 5) is 0. The van der Waals surface area contributed by atoms with Gasteiger partial charge in [0, 0.05) is 7.11 Å². The molecule has 0 bridgehead atoms. The molecule has 0 spiro atoms. The van der Waals surface area contributed by atoms with E-state index in [4.69, 9.17) is 5.11 Å². The molecular formula is C18H34O. The first-order valence-corrected chi connectivity index (χ1v) is 8.51. The molecule has 2 rings (SSSR count). The Morgan fingerprint density at radius 1 is 0.789 bits per heavy atom. The Bertz CT molecular complexity index is 220. The maximum Gasteiger partial charge on any atom is 0.0319 e. The van der Waals surface area contributed by atoms with Crippen LogP contribution in [-0.2, 0) is 0 Å². The summed E-state index contributed by atoms with van der Waals surface area (Å²) in [7, 11) is 1.00. The number of allylic oxidation sites excluding steroid dienone is 2. The van der Waals surface area contributed by atoms with E-state index in [-0.39, 0.29) is 0 Å². The lowest BCUT2D eigenvalue weighted by Crippen LogP contribution is -2.13. The monoisotopic (exact) mass is 266 g/mol. The molecule has 0 heterocycles. The maximum atomic E-state index is 7.00. The van der Waals surface area contributed by atoms with Gasteiger partial charge in [-0.1, -0.05) is 51.2 Å². The molecule has 0 aromatic heterocycles. The van der Waals surface area contributed by atoms with Gasteiger partial charge in [-0.2, -0.15) is 0 Å². The smallest absolute Gasteiger partial charge is 0.0319 e. The van der Waals surface area contributed by atoms with Gasteiger partial charge in [0.1, 0.15) is 0 Å².